The molecule has 3 aromatic rings. The van der Waals surface area contributed by atoms with E-state index in [1.807, 2.05) is 72.6 Å². The first-order valence-electron chi connectivity index (χ1n) is 10.6. The summed E-state index contributed by atoms with van der Waals surface area (Å²) in [7, 11) is 1.94. The number of nitrogens with zero attached hydrogens (tertiary/aromatic N) is 1. The molecule has 1 aliphatic heterocycles. The van der Waals surface area contributed by atoms with E-state index in [9.17, 15) is 4.79 Å². The Hall–Kier alpha value is -3.11. The monoisotopic (exact) mass is 400 g/mol. The van der Waals surface area contributed by atoms with E-state index in [2.05, 4.69) is 30.4 Å². The zero-order chi connectivity index (χ0) is 20.9. The maximum Gasteiger partial charge on any atom is 0.254 e. The number of amides is 1. The van der Waals surface area contributed by atoms with Crippen molar-refractivity contribution in [3.63, 3.8) is 0 Å². The van der Waals surface area contributed by atoms with Gasteiger partial charge in [0.15, 0.2) is 0 Å². The number of hydrogen-bond donors (Lipinski definition) is 1. The molecule has 0 fully saturated rings. The van der Waals surface area contributed by atoms with Crippen molar-refractivity contribution in [1.82, 2.24) is 10.2 Å². The lowest BCUT2D eigenvalue weighted by Crippen LogP contribution is -2.43. The predicted octanol–water partition coefficient (Wildman–Crippen LogP) is 5.39. The Bertz CT molecular complexity index is 1000. The molecular formula is C26H28N2O2. The van der Waals surface area contributed by atoms with Gasteiger partial charge in [0.05, 0.1) is 6.04 Å². The first kappa shape index (κ1) is 20.2. The van der Waals surface area contributed by atoms with Crippen LogP contribution in [0.3, 0.4) is 0 Å². The van der Waals surface area contributed by atoms with Crippen LogP contribution in [0, 0.1) is 0 Å². The van der Waals surface area contributed by atoms with Gasteiger partial charge in [-0.25, -0.2) is 0 Å². The number of rotatable bonds is 7. The molecule has 30 heavy (non-hydrogen) atoms. The van der Waals surface area contributed by atoms with Gasteiger partial charge in [-0.15, -0.1) is 0 Å². The van der Waals surface area contributed by atoms with Crippen LogP contribution in [0.15, 0.2) is 78.9 Å². The van der Waals surface area contributed by atoms with Gasteiger partial charge in [-0.2, -0.15) is 0 Å². The van der Waals surface area contributed by atoms with Crippen LogP contribution in [0.2, 0.25) is 0 Å². The zero-order valence-electron chi connectivity index (χ0n) is 17.5. The smallest absolute Gasteiger partial charge is 0.254 e. The minimum Gasteiger partial charge on any atom is -0.457 e. The molecular weight excluding hydrogens is 372 g/mol. The Morgan fingerprint density at radius 2 is 1.67 bits per heavy atom. The molecule has 0 aromatic heterocycles. The number of fused-ring (bicyclic) bond motifs is 1. The molecule has 2 atom stereocenters. The minimum absolute atomic E-state index is 0.0245. The summed E-state index contributed by atoms with van der Waals surface area (Å²) in [5.41, 5.74) is 3.04. The maximum absolute atomic E-state index is 13.4. The van der Waals surface area contributed by atoms with Crippen LogP contribution in [0.1, 0.15) is 46.8 Å². The van der Waals surface area contributed by atoms with Crippen LogP contribution in [0.4, 0.5) is 0 Å². The average Bonchev–Trinajstić information content (AvgIpc) is 2.78. The number of nitrogens with one attached hydrogen (secondary N) is 1. The second-order valence-corrected chi connectivity index (χ2v) is 7.76. The molecule has 0 saturated carbocycles. The molecule has 2 unspecified atom stereocenters. The normalized spacial score (nSPS) is 18.2. The molecule has 154 valence electrons. The molecule has 1 heterocycles. The standard InChI is InChI=1S/C26H28N2O2/c1-19-23-14-6-7-15-24(23)26(29)28(17-9-16-27-2)25(19)20-10-8-13-22(18-20)30-21-11-4-3-5-12-21/h3-8,10-15,18-19,25,27H,9,16-17H2,1-2H3. The predicted molar refractivity (Wildman–Crippen MR) is 120 cm³/mol. The number of ether oxygens (including phenoxy) is 1. The van der Waals surface area contributed by atoms with E-state index >= 15 is 0 Å². The van der Waals surface area contributed by atoms with Gasteiger partial charge in [-0.05, 0) is 61.5 Å². The molecule has 4 heteroatoms. The van der Waals surface area contributed by atoms with Gasteiger partial charge >= 0.3 is 0 Å². The lowest BCUT2D eigenvalue weighted by atomic mass is 9.81. The van der Waals surface area contributed by atoms with Crippen molar-refractivity contribution in [3.8, 4) is 11.5 Å². The van der Waals surface area contributed by atoms with Crippen molar-refractivity contribution < 1.29 is 9.53 Å². The second kappa shape index (κ2) is 9.14. The third-order valence-electron chi connectivity index (χ3n) is 5.76. The van der Waals surface area contributed by atoms with E-state index in [-0.39, 0.29) is 17.9 Å². The summed E-state index contributed by atoms with van der Waals surface area (Å²) in [5.74, 6) is 1.89. The number of para-hydroxylation sites is 1. The Morgan fingerprint density at radius 1 is 0.933 bits per heavy atom. The Morgan fingerprint density at radius 3 is 2.47 bits per heavy atom. The zero-order valence-corrected chi connectivity index (χ0v) is 17.5. The first-order chi connectivity index (χ1) is 14.7. The highest BCUT2D eigenvalue weighted by Crippen LogP contribution is 2.43. The average molecular weight is 401 g/mol. The molecule has 1 amide bonds. The van der Waals surface area contributed by atoms with E-state index in [4.69, 9.17) is 4.74 Å². The largest absolute Gasteiger partial charge is 0.457 e. The Labute approximate surface area is 178 Å². The lowest BCUT2D eigenvalue weighted by Gasteiger charge is -2.41. The molecule has 0 spiro atoms. The van der Waals surface area contributed by atoms with Crippen molar-refractivity contribution in [1.29, 1.82) is 0 Å². The summed E-state index contributed by atoms with van der Waals surface area (Å²) in [6.45, 7) is 3.81. The molecule has 4 rings (SSSR count). The fraction of sp³-hybridized carbons (Fsp3) is 0.269. The maximum atomic E-state index is 13.4. The van der Waals surface area contributed by atoms with E-state index < -0.39 is 0 Å². The summed E-state index contributed by atoms with van der Waals surface area (Å²) in [6.07, 6.45) is 0.911. The van der Waals surface area contributed by atoms with Crippen molar-refractivity contribution in [3.05, 3.63) is 95.6 Å². The molecule has 0 radical (unpaired) electrons. The van der Waals surface area contributed by atoms with E-state index in [0.29, 0.717) is 6.54 Å². The fourth-order valence-electron chi connectivity index (χ4n) is 4.33. The van der Waals surface area contributed by atoms with Gasteiger partial charge in [-0.1, -0.05) is 55.5 Å². The van der Waals surface area contributed by atoms with Gasteiger partial charge < -0.3 is 15.0 Å². The summed E-state index contributed by atoms with van der Waals surface area (Å²) in [5, 5.41) is 3.19. The summed E-state index contributed by atoms with van der Waals surface area (Å²) < 4.78 is 6.06. The Balaban J connectivity index is 1.69. The van der Waals surface area contributed by atoms with E-state index in [0.717, 1.165) is 41.2 Å². The van der Waals surface area contributed by atoms with Crippen LogP contribution in [0.5, 0.6) is 11.5 Å². The van der Waals surface area contributed by atoms with Crippen LogP contribution in [-0.2, 0) is 0 Å². The van der Waals surface area contributed by atoms with Crippen LogP contribution >= 0.6 is 0 Å². The third kappa shape index (κ3) is 4.10. The topological polar surface area (TPSA) is 41.6 Å². The van der Waals surface area contributed by atoms with Crippen molar-refractivity contribution in [2.24, 2.45) is 0 Å². The van der Waals surface area contributed by atoms with Gasteiger partial charge in [-0.3, -0.25) is 4.79 Å². The van der Waals surface area contributed by atoms with E-state index in [1.165, 1.54) is 0 Å². The highest BCUT2D eigenvalue weighted by molar-refractivity contribution is 5.97. The number of hydrogen-bond acceptors (Lipinski definition) is 3. The molecule has 0 aliphatic carbocycles. The number of carbonyl (C=O) groups is 1. The SMILES string of the molecule is CNCCCN1C(=O)c2ccccc2C(C)C1c1cccc(Oc2ccccc2)c1. The summed E-state index contributed by atoms with van der Waals surface area (Å²) in [6, 6.07) is 25.9. The number of carbonyl (C=O) groups excluding carboxylic acids is 1. The van der Waals surface area contributed by atoms with Gasteiger partial charge in [0, 0.05) is 18.0 Å². The van der Waals surface area contributed by atoms with E-state index in [1.54, 1.807) is 0 Å². The summed E-state index contributed by atoms with van der Waals surface area (Å²) in [4.78, 5) is 15.4. The first-order valence-corrected chi connectivity index (χ1v) is 10.6. The highest BCUT2D eigenvalue weighted by Gasteiger charge is 2.37. The second-order valence-electron chi connectivity index (χ2n) is 7.76. The highest BCUT2D eigenvalue weighted by atomic mass is 16.5. The van der Waals surface area contributed by atoms with Crippen LogP contribution in [-0.4, -0.2) is 30.9 Å². The lowest BCUT2D eigenvalue weighted by molar-refractivity contribution is 0.0612. The quantitative estimate of drug-likeness (QED) is 0.541. The van der Waals surface area contributed by atoms with Crippen molar-refractivity contribution in [2.45, 2.75) is 25.3 Å². The van der Waals surface area contributed by atoms with Crippen molar-refractivity contribution in [2.75, 3.05) is 20.1 Å². The molecule has 4 nitrogen and oxygen atoms in total. The minimum atomic E-state index is -0.0245. The van der Waals surface area contributed by atoms with Gasteiger partial charge in [0.2, 0.25) is 0 Å². The molecule has 3 aromatic carbocycles. The summed E-state index contributed by atoms with van der Waals surface area (Å²) >= 11 is 0. The fourth-order valence-corrected chi connectivity index (χ4v) is 4.33. The van der Waals surface area contributed by atoms with Crippen molar-refractivity contribution >= 4 is 5.91 Å². The van der Waals surface area contributed by atoms with Gasteiger partial charge in [0.1, 0.15) is 11.5 Å². The van der Waals surface area contributed by atoms with Crippen LogP contribution < -0.4 is 10.1 Å². The number of benzene rings is 3. The van der Waals surface area contributed by atoms with Gasteiger partial charge in [0.25, 0.3) is 5.91 Å². The molecule has 0 saturated heterocycles. The Kier molecular flexibility index (Phi) is 6.15. The third-order valence-corrected chi connectivity index (χ3v) is 5.76. The molecule has 1 N–H and O–H groups in total. The molecule has 1 aliphatic rings. The van der Waals surface area contributed by atoms with Crippen LogP contribution in [0.25, 0.3) is 0 Å². The molecule has 0 bridgehead atoms.